The first-order valence-corrected chi connectivity index (χ1v) is 10.4. The van der Waals surface area contributed by atoms with Crippen molar-refractivity contribution in [3.8, 4) is 11.5 Å². The Bertz CT molecular complexity index is 1080. The number of hydrogen-bond donors (Lipinski definition) is 0. The van der Waals surface area contributed by atoms with E-state index in [4.69, 9.17) is 21.1 Å². The third kappa shape index (κ3) is 4.81. The van der Waals surface area contributed by atoms with Crippen molar-refractivity contribution >= 4 is 27.3 Å². The van der Waals surface area contributed by atoms with Crippen LogP contribution in [0.25, 0.3) is 0 Å². The van der Waals surface area contributed by atoms with Gasteiger partial charge in [0.25, 0.3) is 10.0 Å². The lowest BCUT2D eigenvalue weighted by atomic mass is 10.2. The van der Waals surface area contributed by atoms with Gasteiger partial charge in [-0.25, -0.2) is 12.8 Å². The monoisotopic (exact) mass is 435 g/mol. The molecule has 0 unspecified atom stereocenters. The minimum absolute atomic E-state index is 0.0426. The normalized spacial score (nSPS) is 11.2. The van der Waals surface area contributed by atoms with Crippen LogP contribution in [0.1, 0.15) is 5.56 Å². The van der Waals surface area contributed by atoms with E-state index >= 15 is 0 Å². The highest BCUT2D eigenvalue weighted by Gasteiger charge is 2.26. The fraction of sp³-hybridized carbons (Fsp3) is 0.143. The van der Waals surface area contributed by atoms with E-state index in [-0.39, 0.29) is 17.1 Å². The number of methoxy groups -OCH3 is 2. The summed E-state index contributed by atoms with van der Waals surface area (Å²) >= 11 is 5.89. The van der Waals surface area contributed by atoms with Crippen LogP contribution in [0.15, 0.2) is 71.6 Å². The first-order valence-electron chi connectivity index (χ1n) is 8.59. The van der Waals surface area contributed by atoms with Gasteiger partial charge in [0.1, 0.15) is 17.3 Å². The fourth-order valence-corrected chi connectivity index (χ4v) is 4.37. The second-order valence-electron chi connectivity index (χ2n) is 6.17. The van der Waals surface area contributed by atoms with E-state index in [0.29, 0.717) is 22.1 Å². The third-order valence-corrected chi connectivity index (χ3v) is 6.28. The van der Waals surface area contributed by atoms with E-state index < -0.39 is 15.8 Å². The number of benzene rings is 3. The molecule has 0 fully saturated rings. The molecule has 8 heteroatoms. The molecule has 0 spiro atoms. The number of hydrogen-bond acceptors (Lipinski definition) is 4. The molecule has 0 saturated carbocycles. The lowest BCUT2D eigenvalue weighted by molar-refractivity contribution is 0.393. The summed E-state index contributed by atoms with van der Waals surface area (Å²) in [5, 5.41) is 0.416. The van der Waals surface area contributed by atoms with Crippen LogP contribution in [-0.2, 0) is 16.6 Å². The molecule has 5 nitrogen and oxygen atoms in total. The molecule has 0 aliphatic heterocycles. The lowest BCUT2D eigenvalue weighted by Crippen LogP contribution is -2.30. The van der Waals surface area contributed by atoms with E-state index in [1.165, 1.54) is 62.8 Å². The molecule has 0 heterocycles. The molecule has 0 aromatic heterocycles. The number of nitrogens with zero attached hydrogens (tertiary/aromatic N) is 1. The van der Waals surface area contributed by atoms with Gasteiger partial charge in [-0.15, -0.1) is 0 Å². The Morgan fingerprint density at radius 3 is 2.10 bits per heavy atom. The van der Waals surface area contributed by atoms with Crippen molar-refractivity contribution in [1.82, 2.24) is 0 Å². The molecular formula is C21H19ClFNO4S. The summed E-state index contributed by atoms with van der Waals surface area (Å²) in [7, 11) is -0.984. The second kappa shape index (κ2) is 8.71. The average molecular weight is 436 g/mol. The molecule has 3 aromatic rings. The zero-order chi connectivity index (χ0) is 21.0. The standard InChI is InChI=1S/C21H19ClFNO4S/c1-27-19-10-15(11-20(13-19)28-2)14-24(18-5-3-4-17(23)12-18)29(25,26)21-8-6-16(22)7-9-21/h3-13H,14H2,1-2H3. The van der Waals surface area contributed by atoms with Crippen molar-refractivity contribution in [3.05, 3.63) is 83.1 Å². The molecule has 0 atom stereocenters. The quantitative estimate of drug-likeness (QED) is 0.530. The second-order valence-corrected chi connectivity index (χ2v) is 8.47. The number of ether oxygens (including phenoxy) is 2. The van der Waals surface area contributed by atoms with Crippen molar-refractivity contribution < 1.29 is 22.3 Å². The highest BCUT2D eigenvalue weighted by Crippen LogP contribution is 2.30. The zero-order valence-corrected chi connectivity index (χ0v) is 17.4. The van der Waals surface area contributed by atoms with Crippen LogP contribution in [-0.4, -0.2) is 22.6 Å². The number of anilines is 1. The van der Waals surface area contributed by atoms with Gasteiger partial charge < -0.3 is 9.47 Å². The molecule has 29 heavy (non-hydrogen) atoms. The summed E-state index contributed by atoms with van der Waals surface area (Å²) in [6.45, 7) is -0.0536. The van der Waals surface area contributed by atoms with Crippen molar-refractivity contribution in [2.24, 2.45) is 0 Å². The Labute approximate surface area is 174 Å². The van der Waals surface area contributed by atoms with Gasteiger partial charge >= 0.3 is 0 Å². The maximum Gasteiger partial charge on any atom is 0.264 e. The summed E-state index contributed by atoms with van der Waals surface area (Å²) in [4.78, 5) is 0.0426. The van der Waals surface area contributed by atoms with Crippen LogP contribution in [0.2, 0.25) is 5.02 Å². The Morgan fingerprint density at radius 1 is 0.931 bits per heavy atom. The first kappa shape index (κ1) is 21.0. The molecule has 3 rings (SSSR count). The SMILES string of the molecule is COc1cc(CN(c2cccc(F)c2)S(=O)(=O)c2ccc(Cl)cc2)cc(OC)c1. The van der Waals surface area contributed by atoms with Gasteiger partial charge in [-0.2, -0.15) is 0 Å². The van der Waals surface area contributed by atoms with Crippen molar-refractivity contribution in [2.45, 2.75) is 11.4 Å². The molecule has 0 aliphatic carbocycles. The number of halogens is 2. The highest BCUT2D eigenvalue weighted by atomic mass is 35.5. The van der Waals surface area contributed by atoms with E-state index in [2.05, 4.69) is 0 Å². The summed E-state index contributed by atoms with van der Waals surface area (Å²) in [6, 6.07) is 16.3. The lowest BCUT2D eigenvalue weighted by Gasteiger charge is -2.25. The number of sulfonamides is 1. The van der Waals surface area contributed by atoms with Crippen molar-refractivity contribution in [3.63, 3.8) is 0 Å². The van der Waals surface area contributed by atoms with Gasteiger partial charge in [0.2, 0.25) is 0 Å². The molecule has 152 valence electrons. The minimum atomic E-state index is -4.00. The van der Waals surface area contributed by atoms with Gasteiger partial charge in [-0.1, -0.05) is 17.7 Å². The molecule has 0 N–H and O–H groups in total. The predicted molar refractivity (Wildman–Crippen MR) is 111 cm³/mol. The molecule has 0 aliphatic rings. The Balaban J connectivity index is 2.10. The van der Waals surface area contributed by atoms with Crippen molar-refractivity contribution in [2.75, 3.05) is 18.5 Å². The minimum Gasteiger partial charge on any atom is -0.497 e. The zero-order valence-electron chi connectivity index (χ0n) is 15.8. The average Bonchev–Trinajstić information content (AvgIpc) is 2.71. The smallest absolute Gasteiger partial charge is 0.264 e. The predicted octanol–water partition coefficient (Wildman–Crippen LogP) is 4.89. The van der Waals surface area contributed by atoms with Crippen LogP contribution in [0.3, 0.4) is 0 Å². The molecule has 0 amide bonds. The highest BCUT2D eigenvalue weighted by molar-refractivity contribution is 7.92. The maximum absolute atomic E-state index is 13.9. The van der Waals surface area contributed by atoms with Gasteiger partial charge in [0.05, 0.1) is 31.3 Å². The molecule has 0 bridgehead atoms. The molecule has 3 aromatic carbocycles. The van der Waals surface area contributed by atoms with Crippen LogP contribution < -0.4 is 13.8 Å². The van der Waals surface area contributed by atoms with Crippen LogP contribution in [0, 0.1) is 5.82 Å². The summed E-state index contributed by atoms with van der Waals surface area (Å²) in [5.41, 5.74) is 0.810. The van der Waals surface area contributed by atoms with Crippen LogP contribution in [0.5, 0.6) is 11.5 Å². The summed E-state index contributed by atoms with van der Waals surface area (Å²) in [6.07, 6.45) is 0. The van der Waals surface area contributed by atoms with Crippen LogP contribution >= 0.6 is 11.6 Å². The summed E-state index contributed by atoms with van der Waals surface area (Å²) in [5.74, 6) is 0.492. The van der Waals surface area contributed by atoms with E-state index in [9.17, 15) is 12.8 Å². The van der Waals surface area contributed by atoms with Gasteiger partial charge in [-0.3, -0.25) is 4.31 Å². The van der Waals surface area contributed by atoms with Crippen LogP contribution in [0.4, 0.5) is 10.1 Å². The van der Waals surface area contributed by atoms with Gasteiger partial charge in [-0.05, 0) is 60.2 Å². The van der Waals surface area contributed by atoms with Crippen molar-refractivity contribution in [1.29, 1.82) is 0 Å². The van der Waals surface area contributed by atoms with E-state index in [1.54, 1.807) is 18.2 Å². The van der Waals surface area contributed by atoms with Gasteiger partial charge in [0.15, 0.2) is 0 Å². The third-order valence-electron chi connectivity index (χ3n) is 4.24. The Morgan fingerprint density at radius 2 is 1.55 bits per heavy atom. The van der Waals surface area contributed by atoms with Gasteiger partial charge in [0, 0.05) is 11.1 Å². The molecule has 0 saturated heterocycles. The first-order chi connectivity index (χ1) is 13.8. The Kier molecular flexibility index (Phi) is 6.30. The van der Waals surface area contributed by atoms with E-state index in [1.807, 2.05) is 0 Å². The topological polar surface area (TPSA) is 55.8 Å². The molecular weight excluding hydrogens is 417 g/mol. The molecule has 0 radical (unpaired) electrons. The maximum atomic E-state index is 13.9. The largest absolute Gasteiger partial charge is 0.497 e. The summed E-state index contributed by atoms with van der Waals surface area (Å²) < 4.78 is 52.3. The fourth-order valence-electron chi connectivity index (χ4n) is 2.80. The number of rotatable bonds is 7. The Hall–Kier alpha value is -2.77. The van der Waals surface area contributed by atoms with E-state index in [0.717, 1.165) is 4.31 Å².